The molecular weight excluding hydrogens is 180 g/mol. The first-order valence-electron chi connectivity index (χ1n) is 5.31. The zero-order valence-electron chi connectivity index (χ0n) is 7.98. The molecule has 1 saturated heterocycles. The van der Waals surface area contributed by atoms with Crippen LogP contribution < -0.4 is 5.73 Å². The quantitative estimate of drug-likeness (QED) is 0.591. The molecule has 4 atom stereocenters. The molecule has 0 radical (unpaired) electrons. The Kier molecular flexibility index (Phi) is 1.54. The maximum Gasteiger partial charge on any atom is 0.232 e. The summed E-state index contributed by atoms with van der Waals surface area (Å²) in [5.41, 5.74) is 5.69. The van der Waals surface area contributed by atoms with Gasteiger partial charge < -0.3 is 5.73 Å². The van der Waals surface area contributed by atoms with Gasteiger partial charge in [0.1, 0.15) is 0 Å². The Morgan fingerprint density at radius 3 is 2.00 bits per heavy atom. The minimum atomic E-state index is 0.0263. The van der Waals surface area contributed by atoms with Crippen LogP contribution in [0.25, 0.3) is 0 Å². The van der Waals surface area contributed by atoms with Crippen molar-refractivity contribution in [3.05, 3.63) is 0 Å². The van der Waals surface area contributed by atoms with Gasteiger partial charge in [0.2, 0.25) is 11.8 Å². The third-order valence-corrected chi connectivity index (χ3v) is 3.74. The molecule has 2 N–H and O–H groups in total. The molecule has 4 heteroatoms. The van der Waals surface area contributed by atoms with Crippen molar-refractivity contribution in [2.24, 2.45) is 17.6 Å². The minimum absolute atomic E-state index is 0.0263. The largest absolute Gasteiger partial charge is 0.326 e. The summed E-state index contributed by atoms with van der Waals surface area (Å²) in [6.45, 7) is 0. The predicted octanol–water partition coefficient (Wildman–Crippen LogP) is -0.129. The van der Waals surface area contributed by atoms with Crippen LogP contribution in [0.3, 0.4) is 0 Å². The molecule has 0 aromatic carbocycles. The third-order valence-electron chi connectivity index (χ3n) is 3.74. The third kappa shape index (κ3) is 0.974. The van der Waals surface area contributed by atoms with Gasteiger partial charge in [-0.25, -0.2) is 0 Å². The van der Waals surface area contributed by atoms with E-state index in [0.717, 1.165) is 25.7 Å². The highest BCUT2D eigenvalue weighted by Crippen LogP contribution is 2.42. The molecule has 76 valence electrons. The topological polar surface area (TPSA) is 63.4 Å². The summed E-state index contributed by atoms with van der Waals surface area (Å²) in [4.78, 5) is 25.2. The van der Waals surface area contributed by atoms with E-state index in [1.807, 2.05) is 0 Å². The van der Waals surface area contributed by atoms with Gasteiger partial charge in [0.05, 0.1) is 6.04 Å². The Morgan fingerprint density at radius 2 is 1.57 bits per heavy atom. The molecule has 4 unspecified atom stereocenters. The van der Waals surface area contributed by atoms with Crippen molar-refractivity contribution in [3.8, 4) is 0 Å². The molecule has 3 rings (SSSR count). The van der Waals surface area contributed by atoms with Gasteiger partial charge in [-0.2, -0.15) is 0 Å². The number of rotatable bonds is 1. The standard InChI is InChI=1S/C10H14N2O2/c11-7-4-8(7)12-9(13)5-1-2-6(3-5)10(12)14/h5-8H,1-4,11H2. The van der Waals surface area contributed by atoms with Crippen molar-refractivity contribution in [1.82, 2.24) is 4.90 Å². The number of piperidine rings is 1. The summed E-state index contributed by atoms with van der Waals surface area (Å²) < 4.78 is 0. The number of hydrogen-bond acceptors (Lipinski definition) is 3. The van der Waals surface area contributed by atoms with Gasteiger partial charge in [0, 0.05) is 17.9 Å². The zero-order chi connectivity index (χ0) is 9.87. The molecule has 3 fully saturated rings. The lowest BCUT2D eigenvalue weighted by Crippen LogP contribution is -2.48. The molecule has 2 aliphatic carbocycles. The van der Waals surface area contributed by atoms with E-state index < -0.39 is 0 Å². The molecule has 0 aromatic heterocycles. The fraction of sp³-hybridized carbons (Fsp3) is 0.800. The second-order valence-electron chi connectivity index (χ2n) is 4.72. The lowest BCUT2D eigenvalue weighted by atomic mass is 9.97. The Bertz CT molecular complexity index is 293. The van der Waals surface area contributed by atoms with Crippen LogP contribution in [-0.4, -0.2) is 28.8 Å². The molecule has 4 nitrogen and oxygen atoms in total. The van der Waals surface area contributed by atoms with Crippen molar-refractivity contribution in [2.75, 3.05) is 0 Å². The summed E-state index contributed by atoms with van der Waals surface area (Å²) in [7, 11) is 0. The maximum absolute atomic E-state index is 11.9. The summed E-state index contributed by atoms with van der Waals surface area (Å²) in [6, 6.07) is 0.0683. The van der Waals surface area contributed by atoms with E-state index >= 15 is 0 Å². The van der Waals surface area contributed by atoms with E-state index in [4.69, 9.17) is 5.73 Å². The van der Waals surface area contributed by atoms with Crippen LogP contribution in [0.5, 0.6) is 0 Å². The number of likely N-dealkylation sites (tertiary alicyclic amines) is 1. The van der Waals surface area contributed by atoms with Crippen LogP contribution in [0, 0.1) is 11.8 Å². The smallest absolute Gasteiger partial charge is 0.232 e. The van der Waals surface area contributed by atoms with Gasteiger partial charge >= 0.3 is 0 Å². The van der Waals surface area contributed by atoms with E-state index in [-0.39, 0.29) is 35.7 Å². The first kappa shape index (κ1) is 8.41. The zero-order valence-corrected chi connectivity index (χ0v) is 7.98. The molecule has 1 heterocycles. The van der Waals surface area contributed by atoms with Crippen molar-refractivity contribution in [1.29, 1.82) is 0 Å². The van der Waals surface area contributed by atoms with Crippen LogP contribution in [0.4, 0.5) is 0 Å². The summed E-state index contributed by atoms with van der Waals surface area (Å²) in [6.07, 6.45) is 3.38. The lowest BCUT2D eigenvalue weighted by Gasteiger charge is -2.29. The Hall–Kier alpha value is -0.900. The van der Waals surface area contributed by atoms with Gasteiger partial charge in [-0.1, -0.05) is 0 Å². The molecule has 1 aliphatic heterocycles. The Labute approximate surface area is 82.4 Å². The minimum Gasteiger partial charge on any atom is -0.326 e. The van der Waals surface area contributed by atoms with Crippen LogP contribution in [0.15, 0.2) is 0 Å². The maximum atomic E-state index is 11.9. The van der Waals surface area contributed by atoms with Crippen LogP contribution >= 0.6 is 0 Å². The highest BCUT2D eigenvalue weighted by atomic mass is 16.2. The van der Waals surface area contributed by atoms with Gasteiger partial charge in [0.25, 0.3) is 0 Å². The summed E-state index contributed by atoms with van der Waals surface area (Å²) >= 11 is 0. The van der Waals surface area contributed by atoms with Crippen molar-refractivity contribution >= 4 is 11.8 Å². The fourth-order valence-electron chi connectivity index (χ4n) is 2.76. The number of nitrogens with two attached hydrogens (primary N) is 1. The number of carbonyl (C=O) groups excluding carboxylic acids is 2. The number of fused-ring (bicyclic) bond motifs is 2. The monoisotopic (exact) mass is 194 g/mol. The second-order valence-corrected chi connectivity index (χ2v) is 4.72. The number of carbonyl (C=O) groups is 2. The number of imide groups is 1. The first-order chi connectivity index (χ1) is 6.68. The lowest BCUT2D eigenvalue weighted by molar-refractivity contribution is -0.153. The molecule has 0 aromatic rings. The highest BCUT2D eigenvalue weighted by Gasteiger charge is 2.52. The highest BCUT2D eigenvalue weighted by molar-refractivity contribution is 6.01. The molecule has 3 aliphatic rings. The summed E-state index contributed by atoms with van der Waals surface area (Å²) in [5.74, 6) is 0.319. The summed E-state index contributed by atoms with van der Waals surface area (Å²) in [5, 5.41) is 0. The van der Waals surface area contributed by atoms with E-state index in [1.165, 1.54) is 4.90 Å². The van der Waals surface area contributed by atoms with Gasteiger partial charge in [-0.15, -0.1) is 0 Å². The van der Waals surface area contributed by atoms with Crippen LogP contribution in [0.2, 0.25) is 0 Å². The molecule has 2 bridgehead atoms. The molecule has 2 amide bonds. The van der Waals surface area contributed by atoms with Crippen molar-refractivity contribution in [2.45, 2.75) is 37.8 Å². The van der Waals surface area contributed by atoms with Crippen molar-refractivity contribution < 1.29 is 9.59 Å². The predicted molar refractivity (Wildman–Crippen MR) is 49.1 cm³/mol. The Morgan fingerprint density at radius 1 is 1.07 bits per heavy atom. The molecule has 0 spiro atoms. The van der Waals surface area contributed by atoms with E-state index in [1.54, 1.807) is 0 Å². The van der Waals surface area contributed by atoms with Crippen molar-refractivity contribution in [3.63, 3.8) is 0 Å². The number of nitrogens with zero attached hydrogens (tertiary/aromatic N) is 1. The average Bonchev–Trinajstić information content (AvgIpc) is 2.70. The van der Waals surface area contributed by atoms with Crippen LogP contribution in [-0.2, 0) is 9.59 Å². The number of hydrogen-bond donors (Lipinski definition) is 1. The Balaban J connectivity index is 1.89. The number of amides is 2. The van der Waals surface area contributed by atoms with E-state index in [2.05, 4.69) is 0 Å². The van der Waals surface area contributed by atoms with Crippen LogP contribution in [0.1, 0.15) is 25.7 Å². The van der Waals surface area contributed by atoms with Gasteiger partial charge in [-0.3, -0.25) is 14.5 Å². The second kappa shape index (κ2) is 2.57. The average molecular weight is 194 g/mol. The normalized spacial score (nSPS) is 45.9. The first-order valence-corrected chi connectivity index (χ1v) is 5.31. The molecular formula is C10H14N2O2. The van der Waals surface area contributed by atoms with E-state index in [9.17, 15) is 9.59 Å². The van der Waals surface area contributed by atoms with E-state index in [0.29, 0.717) is 0 Å². The van der Waals surface area contributed by atoms with Gasteiger partial charge in [0.15, 0.2) is 0 Å². The molecule has 2 saturated carbocycles. The fourth-order valence-corrected chi connectivity index (χ4v) is 2.76. The molecule has 14 heavy (non-hydrogen) atoms. The SMILES string of the molecule is NC1CC1N1C(=O)C2CCC(C2)C1=O. The van der Waals surface area contributed by atoms with Gasteiger partial charge in [-0.05, 0) is 25.7 Å².